The second-order valence-electron chi connectivity index (χ2n) is 9.92. The highest BCUT2D eigenvalue weighted by Gasteiger charge is 2.51. The first kappa shape index (κ1) is 22.2. The Labute approximate surface area is 177 Å². The molecule has 0 aromatic carbocycles. The number of nitrogens with zero attached hydrogens (tertiary/aromatic N) is 3. The van der Waals surface area contributed by atoms with E-state index in [2.05, 4.69) is 9.80 Å². The molecular weight excluding hydrogens is 395 g/mol. The number of piperidine rings is 1. The second-order valence-corrected chi connectivity index (χ2v) is 9.92. The number of rotatable bonds is 5. The molecule has 4 fully saturated rings. The Morgan fingerprint density at radius 1 is 1.10 bits per heavy atom. The molecule has 8 heteroatoms. The van der Waals surface area contributed by atoms with Crippen molar-refractivity contribution in [3.63, 3.8) is 0 Å². The van der Waals surface area contributed by atoms with E-state index in [0.29, 0.717) is 24.6 Å². The summed E-state index contributed by atoms with van der Waals surface area (Å²) in [6.45, 7) is 7.02. The maximum atomic E-state index is 12.6. The summed E-state index contributed by atoms with van der Waals surface area (Å²) in [6.07, 6.45) is 2.78. The molecule has 3 heterocycles. The van der Waals surface area contributed by atoms with Crippen molar-refractivity contribution in [2.45, 2.75) is 76.6 Å². The summed E-state index contributed by atoms with van der Waals surface area (Å²) >= 11 is 0. The van der Waals surface area contributed by atoms with Gasteiger partial charge < -0.3 is 14.5 Å². The van der Waals surface area contributed by atoms with Crippen LogP contribution in [0.3, 0.4) is 0 Å². The van der Waals surface area contributed by atoms with Crippen molar-refractivity contribution in [3.8, 4) is 0 Å². The van der Waals surface area contributed by atoms with E-state index in [1.54, 1.807) is 0 Å². The fourth-order valence-electron chi connectivity index (χ4n) is 6.44. The summed E-state index contributed by atoms with van der Waals surface area (Å²) in [5, 5.41) is 0. The molecule has 1 spiro atoms. The van der Waals surface area contributed by atoms with Crippen LogP contribution in [0.4, 0.5) is 18.0 Å². The summed E-state index contributed by atoms with van der Waals surface area (Å²) in [4.78, 5) is 18.5. The molecule has 1 saturated carbocycles. The number of carbonyl (C=O) groups is 1. The second kappa shape index (κ2) is 8.85. The SMILES string of the molecule is CCOC(=O)N1CCC2(CC(N3CCC([C@@H]4CCCN4CCC(F)(F)F)CC3)C2)C1. The monoisotopic (exact) mass is 431 g/mol. The van der Waals surface area contributed by atoms with Crippen LogP contribution in [0.2, 0.25) is 0 Å². The minimum absolute atomic E-state index is 0.163. The van der Waals surface area contributed by atoms with Gasteiger partial charge in [0.25, 0.3) is 0 Å². The molecule has 1 atom stereocenters. The maximum absolute atomic E-state index is 12.6. The minimum Gasteiger partial charge on any atom is -0.450 e. The molecule has 0 N–H and O–H groups in total. The highest BCUT2D eigenvalue weighted by Crippen LogP contribution is 2.51. The number of hydrogen-bond acceptors (Lipinski definition) is 4. The molecular formula is C22H36F3N3O2. The van der Waals surface area contributed by atoms with E-state index < -0.39 is 12.6 Å². The molecule has 5 nitrogen and oxygen atoms in total. The lowest BCUT2D eigenvalue weighted by Gasteiger charge is -2.52. The van der Waals surface area contributed by atoms with Crippen LogP contribution in [0.1, 0.15) is 58.3 Å². The fraction of sp³-hybridized carbons (Fsp3) is 0.955. The van der Waals surface area contributed by atoms with Crippen molar-refractivity contribution < 1.29 is 22.7 Å². The third-order valence-electron chi connectivity index (χ3n) is 8.03. The average Bonchev–Trinajstić information content (AvgIpc) is 3.32. The number of ether oxygens (including phenoxy) is 1. The zero-order valence-electron chi connectivity index (χ0n) is 18.1. The van der Waals surface area contributed by atoms with E-state index in [0.717, 1.165) is 77.7 Å². The zero-order chi connectivity index (χ0) is 21.4. The van der Waals surface area contributed by atoms with Gasteiger partial charge >= 0.3 is 12.3 Å². The van der Waals surface area contributed by atoms with Gasteiger partial charge in [-0.05, 0) is 82.8 Å². The van der Waals surface area contributed by atoms with E-state index in [9.17, 15) is 18.0 Å². The molecule has 0 bridgehead atoms. The van der Waals surface area contributed by atoms with Gasteiger partial charge in [0.05, 0.1) is 13.0 Å². The average molecular weight is 432 g/mol. The molecule has 3 aliphatic heterocycles. The molecule has 1 aliphatic carbocycles. The topological polar surface area (TPSA) is 36.0 Å². The van der Waals surface area contributed by atoms with Crippen molar-refractivity contribution in [2.75, 3.05) is 45.9 Å². The van der Waals surface area contributed by atoms with E-state index in [-0.39, 0.29) is 18.1 Å². The fourth-order valence-corrected chi connectivity index (χ4v) is 6.44. The number of amides is 1. The van der Waals surface area contributed by atoms with Gasteiger partial charge in [0.1, 0.15) is 0 Å². The van der Waals surface area contributed by atoms with Gasteiger partial charge in [-0.3, -0.25) is 4.90 Å². The summed E-state index contributed by atoms with van der Waals surface area (Å²) in [5.74, 6) is 0.539. The summed E-state index contributed by atoms with van der Waals surface area (Å²) < 4.78 is 43.0. The predicted molar refractivity (Wildman–Crippen MR) is 108 cm³/mol. The minimum atomic E-state index is -4.06. The third kappa shape index (κ3) is 4.90. The molecule has 0 aromatic rings. The van der Waals surface area contributed by atoms with Gasteiger partial charge in [0, 0.05) is 31.7 Å². The Hall–Kier alpha value is -1.02. The van der Waals surface area contributed by atoms with Crippen molar-refractivity contribution in [3.05, 3.63) is 0 Å². The number of carbonyl (C=O) groups excluding carboxylic acids is 1. The lowest BCUT2D eigenvalue weighted by atomic mass is 9.64. The van der Waals surface area contributed by atoms with Gasteiger partial charge in [-0.1, -0.05) is 0 Å². The van der Waals surface area contributed by atoms with Gasteiger partial charge in [-0.25, -0.2) is 4.79 Å². The van der Waals surface area contributed by atoms with Crippen LogP contribution in [0.25, 0.3) is 0 Å². The number of likely N-dealkylation sites (tertiary alicyclic amines) is 3. The molecule has 172 valence electrons. The highest BCUT2D eigenvalue weighted by molar-refractivity contribution is 5.68. The molecule has 0 unspecified atom stereocenters. The summed E-state index contributed by atoms with van der Waals surface area (Å²) in [5.41, 5.74) is 0.286. The first-order valence-corrected chi connectivity index (χ1v) is 11.8. The van der Waals surface area contributed by atoms with E-state index in [1.807, 2.05) is 11.8 Å². The summed E-state index contributed by atoms with van der Waals surface area (Å²) in [7, 11) is 0. The lowest BCUT2D eigenvalue weighted by molar-refractivity contribution is -0.139. The zero-order valence-corrected chi connectivity index (χ0v) is 18.1. The van der Waals surface area contributed by atoms with Crippen molar-refractivity contribution in [2.24, 2.45) is 11.3 Å². The van der Waals surface area contributed by atoms with Crippen LogP contribution in [-0.4, -0.2) is 84.9 Å². The van der Waals surface area contributed by atoms with Crippen LogP contribution < -0.4 is 0 Å². The van der Waals surface area contributed by atoms with Crippen LogP contribution in [0.5, 0.6) is 0 Å². The first-order valence-electron chi connectivity index (χ1n) is 11.8. The Morgan fingerprint density at radius 2 is 1.83 bits per heavy atom. The standard InChI is InChI=1S/C22H36F3N3O2/c1-2-30-20(29)28-12-7-21(16-28)14-18(15-21)26-10-5-17(6-11-26)19-4-3-9-27(19)13-8-22(23,24)25/h17-19H,2-16H2,1H3/t18?,19-,21?/m0/s1. The quantitative estimate of drug-likeness (QED) is 0.656. The Morgan fingerprint density at radius 3 is 2.50 bits per heavy atom. The summed E-state index contributed by atoms with van der Waals surface area (Å²) in [6, 6.07) is 0.952. The van der Waals surface area contributed by atoms with Crippen molar-refractivity contribution in [1.29, 1.82) is 0 Å². The Kier molecular flexibility index (Phi) is 6.54. The van der Waals surface area contributed by atoms with E-state index in [4.69, 9.17) is 4.74 Å². The normalized spacial score (nSPS) is 33.9. The van der Waals surface area contributed by atoms with E-state index >= 15 is 0 Å². The van der Waals surface area contributed by atoms with Crippen LogP contribution in [0.15, 0.2) is 0 Å². The molecule has 4 rings (SSSR count). The molecule has 3 saturated heterocycles. The van der Waals surface area contributed by atoms with E-state index in [1.165, 1.54) is 0 Å². The van der Waals surface area contributed by atoms with Gasteiger partial charge in [-0.2, -0.15) is 13.2 Å². The number of hydrogen-bond donors (Lipinski definition) is 0. The number of halogens is 3. The van der Waals surface area contributed by atoms with Crippen molar-refractivity contribution >= 4 is 6.09 Å². The molecule has 1 amide bonds. The van der Waals surface area contributed by atoms with Gasteiger partial charge in [0.2, 0.25) is 0 Å². The molecule has 0 radical (unpaired) electrons. The third-order valence-corrected chi connectivity index (χ3v) is 8.03. The Balaban J connectivity index is 1.20. The van der Waals surface area contributed by atoms with Gasteiger partial charge in [-0.15, -0.1) is 0 Å². The Bertz CT molecular complexity index is 601. The van der Waals surface area contributed by atoms with Crippen LogP contribution >= 0.6 is 0 Å². The van der Waals surface area contributed by atoms with Crippen LogP contribution in [0, 0.1) is 11.3 Å². The molecule has 4 aliphatic rings. The predicted octanol–water partition coefficient (Wildman–Crippen LogP) is 4.13. The number of alkyl halides is 3. The van der Waals surface area contributed by atoms with Crippen LogP contribution in [-0.2, 0) is 4.74 Å². The largest absolute Gasteiger partial charge is 0.450 e. The van der Waals surface area contributed by atoms with Gasteiger partial charge in [0.15, 0.2) is 0 Å². The smallest absolute Gasteiger partial charge is 0.409 e. The lowest BCUT2D eigenvalue weighted by Crippen LogP contribution is -2.55. The highest BCUT2D eigenvalue weighted by atomic mass is 19.4. The first-order chi connectivity index (χ1) is 14.3. The maximum Gasteiger partial charge on any atom is 0.409 e. The van der Waals surface area contributed by atoms with Crippen molar-refractivity contribution in [1.82, 2.24) is 14.7 Å². The molecule has 30 heavy (non-hydrogen) atoms. The molecule has 0 aromatic heterocycles.